The summed E-state index contributed by atoms with van der Waals surface area (Å²) in [5.41, 5.74) is 5.20. The summed E-state index contributed by atoms with van der Waals surface area (Å²) in [4.78, 5) is 28.1. The van der Waals surface area contributed by atoms with Crippen LogP contribution in [0.25, 0.3) is 17.0 Å². The second-order valence-electron chi connectivity index (χ2n) is 8.57. The van der Waals surface area contributed by atoms with E-state index in [9.17, 15) is 14.0 Å². The molecule has 0 radical (unpaired) electrons. The summed E-state index contributed by atoms with van der Waals surface area (Å²) >= 11 is 6.81. The number of rotatable bonds is 5. The molecule has 5 nitrogen and oxygen atoms in total. The van der Waals surface area contributed by atoms with Crippen LogP contribution in [-0.2, 0) is 16.1 Å². The molecule has 2 heterocycles. The molecule has 4 aromatic rings. The molecule has 0 saturated carbocycles. The van der Waals surface area contributed by atoms with E-state index in [-0.39, 0.29) is 24.2 Å². The normalized spacial score (nSPS) is 14.8. The first kappa shape index (κ1) is 24.0. The second kappa shape index (κ2) is 9.72. The quantitative estimate of drug-likeness (QED) is 0.245. The number of hydrogen-bond donors (Lipinski definition) is 1. The lowest BCUT2D eigenvalue weighted by Gasteiger charge is -2.15. The van der Waals surface area contributed by atoms with Crippen LogP contribution in [0, 0.1) is 19.7 Å². The first-order valence-corrected chi connectivity index (χ1v) is 12.5. The number of anilines is 2. The number of thiocarbonyl (C=S) groups is 1. The van der Waals surface area contributed by atoms with Gasteiger partial charge in [-0.3, -0.25) is 14.5 Å². The van der Waals surface area contributed by atoms with Crippen LogP contribution >= 0.6 is 24.0 Å². The van der Waals surface area contributed by atoms with Gasteiger partial charge < -0.3 is 9.88 Å². The molecule has 8 heteroatoms. The van der Waals surface area contributed by atoms with Gasteiger partial charge in [0.1, 0.15) is 12.4 Å². The number of thioether (sulfide) groups is 1. The van der Waals surface area contributed by atoms with Crippen molar-refractivity contribution in [3.63, 3.8) is 0 Å². The van der Waals surface area contributed by atoms with Crippen LogP contribution in [0.3, 0.4) is 0 Å². The summed E-state index contributed by atoms with van der Waals surface area (Å²) in [6.07, 6.45) is 3.69. The van der Waals surface area contributed by atoms with Crippen molar-refractivity contribution in [2.75, 3.05) is 10.2 Å². The number of carbonyl (C=O) groups excluding carboxylic acids is 2. The van der Waals surface area contributed by atoms with E-state index in [4.69, 9.17) is 12.2 Å². The highest BCUT2D eigenvalue weighted by molar-refractivity contribution is 8.27. The summed E-state index contributed by atoms with van der Waals surface area (Å²) in [7, 11) is 0. The zero-order valence-electron chi connectivity index (χ0n) is 19.6. The molecule has 3 aromatic carbocycles. The molecule has 0 atom stereocenters. The topological polar surface area (TPSA) is 54.3 Å². The zero-order chi connectivity index (χ0) is 25.4. The van der Waals surface area contributed by atoms with Gasteiger partial charge in [0.2, 0.25) is 5.91 Å². The first-order chi connectivity index (χ1) is 17.3. The third-order valence-corrected chi connectivity index (χ3v) is 7.39. The Morgan fingerprint density at radius 1 is 1.06 bits per heavy atom. The van der Waals surface area contributed by atoms with Gasteiger partial charge in [-0.2, -0.15) is 0 Å². The van der Waals surface area contributed by atoms with E-state index in [1.807, 2.05) is 73.2 Å². The minimum atomic E-state index is -0.364. The monoisotopic (exact) mass is 515 g/mol. The minimum Gasteiger partial charge on any atom is -0.337 e. The average molecular weight is 516 g/mol. The molecular weight excluding hydrogens is 493 g/mol. The van der Waals surface area contributed by atoms with Gasteiger partial charge in [-0.05, 0) is 73.5 Å². The Morgan fingerprint density at radius 3 is 2.56 bits per heavy atom. The molecule has 1 saturated heterocycles. The van der Waals surface area contributed by atoms with Crippen molar-refractivity contribution in [2.24, 2.45) is 0 Å². The van der Waals surface area contributed by atoms with Gasteiger partial charge in [0.15, 0.2) is 4.32 Å². The van der Waals surface area contributed by atoms with E-state index in [0.717, 1.165) is 33.3 Å². The summed E-state index contributed by atoms with van der Waals surface area (Å²) in [5, 5.41) is 3.71. The van der Waals surface area contributed by atoms with Crippen molar-refractivity contribution < 1.29 is 14.0 Å². The van der Waals surface area contributed by atoms with Gasteiger partial charge in [0.05, 0.1) is 10.6 Å². The van der Waals surface area contributed by atoms with Crippen molar-refractivity contribution in [1.29, 1.82) is 0 Å². The summed E-state index contributed by atoms with van der Waals surface area (Å²) < 4.78 is 15.5. The molecule has 36 heavy (non-hydrogen) atoms. The third-order valence-electron chi connectivity index (χ3n) is 6.09. The van der Waals surface area contributed by atoms with Crippen LogP contribution < -0.4 is 10.2 Å². The van der Waals surface area contributed by atoms with Crippen LogP contribution in [-0.4, -0.2) is 20.7 Å². The number of aryl methyl sites for hydroxylation is 2. The maximum Gasteiger partial charge on any atom is 0.270 e. The Bertz CT molecular complexity index is 1560. The fraction of sp³-hybridized carbons (Fsp3) is 0.107. The predicted octanol–water partition coefficient (Wildman–Crippen LogP) is 6.44. The van der Waals surface area contributed by atoms with Crippen molar-refractivity contribution >= 4 is 68.5 Å². The number of para-hydroxylation sites is 1. The lowest BCUT2D eigenvalue weighted by Crippen LogP contribution is -2.27. The molecule has 180 valence electrons. The van der Waals surface area contributed by atoms with Crippen LogP contribution in [0.5, 0.6) is 0 Å². The van der Waals surface area contributed by atoms with E-state index < -0.39 is 0 Å². The lowest BCUT2D eigenvalue weighted by atomic mass is 10.1. The number of benzene rings is 3. The second-order valence-corrected chi connectivity index (χ2v) is 10.2. The molecule has 5 rings (SSSR count). The van der Waals surface area contributed by atoms with E-state index in [2.05, 4.69) is 5.32 Å². The largest absolute Gasteiger partial charge is 0.337 e. The number of aromatic nitrogens is 1. The molecule has 1 aromatic heterocycles. The van der Waals surface area contributed by atoms with Gasteiger partial charge in [-0.25, -0.2) is 4.39 Å². The number of halogens is 1. The van der Waals surface area contributed by atoms with Crippen molar-refractivity contribution in [3.8, 4) is 0 Å². The Kier molecular flexibility index (Phi) is 6.47. The number of hydrogen-bond acceptors (Lipinski definition) is 4. The standard InChI is InChI=1S/C28H22FN3O2S2/c1-17-7-12-22(13-18(17)2)32-27(34)25(36-28(32)35)14-19-15-31(24-6-4-3-5-23(19)24)16-26(33)30-21-10-8-20(29)9-11-21/h3-15H,16H2,1-2H3,(H,30,33)/b25-14-. The highest BCUT2D eigenvalue weighted by atomic mass is 32.2. The van der Waals surface area contributed by atoms with Gasteiger partial charge >= 0.3 is 0 Å². The third kappa shape index (κ3) is 4.69. The van der Waals surface area contributed by atoms with Crippen LogP contribution in [0.2, 0.25) is 0 Å². The number of fused-ring (bicyclic) bond motifs is 1. The SMILES string of the molecule is Cc1ccc(N2C(=O)/C(=C/c3cn(CC(=O)Nc4ccc(F)cc4)c4ccccc34)SC2=S)cc1C. The average Bonchev–Trinajstić information content (AvgIpc) is 3.33. The van der Waals surface area contributed by atoms with Gasteiger partial charge in [0.25, 0.3) is 5.91 Å². The highest BCUT2D eigenvalue weighted by Gasteiger charge is 2.33. The molecule has 0 aliphatic carbocycles. The minimum absolute atomic E-state index is 0.0648. The zero-order valence-corrected chi connectivity index (χ0v) is 21.3. The van der Waals surface area contributed by atoms with Crippen LogP contribution in [0.15, 0.2) is 77.8 Å². The Morgan fingerprint density at radius 2 is 1.81 bits per heavy atom. The molecule has 1 fully saturated rings. The number of amides is 2. The van der Waals surface area contributed by atoms with Gasteiger partial charge in [0, 0.05) is 28.4 Å². The Labute approximate surface area is 217 Å². The summed E-state index contributed by atoms with van der Waals surface area (Å²) in [6, 6.07) is 19.2. The van der Waals surface area contributed by atoms with E-state index in [1.54, 1.807) is 4.90 Å². The number of carbonyl (C=O) groups is 2. The molecule has 0 bridgehead atoms. The maximum absolute atomic E-state index is 13.3. The highest BCUT2D eigenvalue weighted by Crippen LogP contribution is 2.37. The summed E-state index contributed by atoms with van der Waals surface area (Å²) in [5.74, 6) is -0.772. The van der Waals surface area contributed by atoms with Gasteiger partial charge in [-0.15, -0.1) is 0 Å². The smallest absolute Gasteiger partial charge is 0.270 e. The fourth-order valence-corrected chi connectivity index (χ4v) is 5.40. The van der Waals surface area contributed by atoms with Crippen LogP contribution in [0.1, 0.15) is 16.7 Å². The van der Waals surface area contributed by atoms with Crippen molar-refractivity contribution in [1.82, 2.24) is 4.57 Å². The molecule has 1 aliphatic rings. The van der Waals surface area contributed by atoms with Gasteiger partial charge in [-0.1, -0.05) is 48.2 Å². The molecule has 2 amide bonds. The van der Waals surface area contributed by atoms with Crippen molar-refractivity contribution in [3.05, 3.63) is 100 Å². The molecule has 0 spiro atoms. The fourth-order valence-electron chi connectivity index (χ4n) is 4.11. The molecule has 0 unspecified atom stereocenters. The number of nitrogens with zero attached hydrogens (tertiary/aromatic N) is 2. The van der Waals surface area contributed by atoms with Crippen LogP contribution in [0.4, 0.5) is 15.8 Å². The maximum atomic E-state index is 13.3. The van der Waals surface area contributed by atoms with Crippen molar-refractivity contribution in [2.45, 2.75) is 20.4 Å². The predicted molar refractivity (Wildman–Crippen MR) is 149 cm³/mol. The molecular formula is C28H22FN3O2S2. The Balaban J connectivity index is 1.43. The first-order valence-electron chi connectivity index (χ1n) is 11.3. The lowest BCUT2D eigenvalue weighted by molar-refractivity contribution is -0.116. The van der Waals surface area contributed by atoms with E-state index in [0.29, 0.717) is 14.9 Å². The van der Waals surface area contributed by atoms with E-state index >= 15 is 0 Å². The molecule has 1 aliphatic heterocycles. The molecule has 1 N–H and O–H groups in total. The van der Waals surface area contributed by atoms with E-state index in [1.165, 1.54) is 36.0 Å². The number of nitrogens with one attached hydrogen (secondary N) is 1. The summed E-state index contributed by atoms with van der Waals surface area (Å²) in [6.45, 7) is 4.10. The Hall–Kier alpha value is -3.75.